The molecule has 0 atom stereocenters. The smallest absolute Gasteiger partial charge is 0.322 e. The van der Waals surface area contributed by atoms with Crippen LogP contribution in [-0.4, -0.2) is 34.1 Å². The minimum atomic E-state index is -0.194. The summed E-state index contributed by atoms with van der Waals surface area (Å²) in [5.41, 5.74) is 2.75. The lowest BCUT2D eigenvalue weighted by molar-refractivity contribution is 0.217. The molecule has 1 aromatic carbocycles. The second kappa shape index (κ2) is 6.71. The summed E-state index contributed by atoms with van der Waals surface area (Å²) < 4.78 is 0. The number of hydrogen-bond acceptors (Lipinski definition) is 3. The van der Waals surface area contributed by atoms with Gasteiger partial charge in [0.1, 0.15) is 5.75 Å². The predicted molar refractivity (Wildman–Crippen MR) is 90.5 cm³/mol. The van der Waals surface area contributed by atoms with E-state index in [1.807, 2.05) is 18.2 Å². The van der Waals surface area contributed by atoms with Crippen LogP contribution in [0.3, 0.4) is 0 Å². The molecule has 6 heteroatoms. The fourth-order valence-corrected chi connectivity index (χ4v) is 2.63. The monoisotopic (exact) mass is 329 g/mol. The molecule has 1 aliphatic rings. The second-order valence-corrected chi connectivity index (χ2v) is 5.60. The lowest BCUT2D eigenvalue weighted by Crippen LogP contribution is -2.38. The third-order valence-electron chi connectivity index (χ3n) is 3.74. The van der Waals surface area contributed by atoms with Crippen molar-refractivity contribution in [3.63, 3.8) is 0 Å². The highest BCUT2D eigenvalue weighted by Crippen LogP contribution is 2.25. The van der Waals surface area contributed by atoms with Crippen LogP contribution in [0, 0.1) is 0 Å². The van der Waals surface area contributed by atoms with Crippen LogP contribution in [0.4, 0.5) is 10.5 Å². The van der Waals surface area contributed by atoms with Crippen LogP contribution in [0.5, 0.6) is 5.75 Å². The summed E-state index contributed by atoms with van der Waals surface area (Å²) in [4.78, 5) is 17.9. The molecule has 2 heterocycles. The normalized spacial score (nSPS) is 14.3. The molecule has 0 saturated heterocycles. The Morgan fingerprint density at radius 1 is 1.26 bits per heavy atom. The first-order valence-electron chi connectivity index (χ1n) is 7.28. The van der Waals surface area contributed by atoms with E-state index in [9.17, 15) is 9.90 Å². The van der Waals surface area contributed by atoms with Gasteiger partial charge in [-0.05, 0) is 41.8 Å². The zero-order valence-electron chi connectivity index (χ0n) is 12.4. The maximum Gasteiger partial charge on any atom is 0.322 e. The van der Waals surface area contributed by atoms with Crippen molar-refractivity contribution in [3.05, 3.63) is 59.4 Å². The summed E-state index contributed by atoms with van der Waals surface area (Å²) in [5.74, 6) is 0.250. The summed E-state index contributed by atoms with van der Waals surface area (Å²) in [7, 11) is 0. The number of phenols is 1. The van der Waals surface area contributed by atoms with E-state index in [1.165, 1.54) is 5.57 Å². The number of phenolic OH excluding ortho intramolecular Hbond substituents is 1. The van der Waals surface area contributed by atoms with Crippen molar-refractivity contribution < 1.29 is 9.90 Å². The molecular formula is C17H16ClN3O2. The highest BCUT2D eigenvalue weighted by molar-refractivity contribution is 6.32. The average Bonchev–Trinajstić information content (AvgIpc) is 2.58. The Kier molecular flexibility index (Phi) is 4.48. The average molecular weight is 330 g/mol. The number of hydrogen-bond donors (Lipinski definition) is 2. The largest absolute Gasteiger partial charge is 0.508 e. The van der Waals surface area contributed by atoms with Crippen LogP contribution >= 0.6 is 11.6 Å². The van der Waals surface area contributed by atoms with Crippen molar-refractivity contribution in [2.75, 3.05) is 18.4 Å². The van der Waals surface area contributed by atoms with Gasteiger partial charge in [0.05, 0.1) is 5.69 Å². The van der Waals surface area contributed by atoms with Gasteiger partial charge in [-0.15, -0.1) is 0 Å². The molecule has 1 aliphatic heterocycles. The zero-order valence-corrected chi connectivity index (χ0v) is 13.1. The fourth-order valence-electron chi connectivity index (χ4n) is 2.46. The van der Waals surface area contributed by atoms with E-state index in [1.54, 1.807) is 35.4 Å². The zero-order chi connectivity index (χ0) is 16.2. The standard InChI is InChI=1S/C17H16ClN3O2/c18-16-15(2-1-9-19-16)20-17(23)21-10-7-13(8-11-21)12-3-5-14(22)6-4-12/h1-7,9,22H,8,10-11H2,(H,20,23). The Bertz CT molecular complexity index is 744. The Balaban J connectivity index is 1.65. The molecule has 2 aromatic rings. The molecule has 1 aromatic heterocycles. The van der Waals surface area contributed by atoms with Gasteiger partial charge in [0.15, 0.2) is 5.15 Å². The number of urea groups is 1. The molecule has 0 saturated carbocycles. The SMILES string of the molecule is O=C(Nc1cccnc1Cl)N1CC=C(c2ccc(O)cc2)CC1. The van der Waals surface area contributed by atoms with E-state index >= 15 is 0 Å². The Morgan fingerprint density at radius 2 is 2.04 bits per heavy atom. The van der Waals surface area contributed by atoms with Crippen LogP contribution in [-0.2, 0) is 0 Å². The first-order chi connectivity index (χ1) is 11.1. The van der Waals surface area contributed by atoms with Gasteiger partial charge < -0.3 is 15.3 Å². The summed E-state index contributed by atoms with van der Waals surface area (Å²) >= 11 is 5.95. The number of aromatic hydroxyl groups is 1. The molecule has 0 radical (unpaired) electrons. The maximum atomic E-state index is 12.3. The van der Waals surface area contributed by atoms with Gasteiger partial charge in [0.25, 0.3) is 0 Å². The van der Waals surface area contributed by atoms with Crippen molar-refractivity contribution >= 4 is 28.9 Å². The van der Waals surface area contributed by atoms with Gasteiger partial charge in [-0.3, -0.25) is 0 Å². The second-order valence-electron chi connectivity index (χ2n) is 5.24. The molecule has 0 bridgehead atoms. The molecule has 5 nitrogen and oxygen atoms in total. The van der Waals surface area contributed by atoms with Crippen LogP contribution in [0.15, 0.2) is 48.7 Å². The lowest BCUT2D eigenvalue weighted by atomic mass is 9.99. The third-order valence-corrected chi connectivity index (χ3v) is 4.04. The molecule has 0 fully saturated rings. The molecule has 0 spiro atoms. The van der Waals surface area contributed by atoms with E-state index in [0.29, 0.717) is 18.8 Å². The summed E-state index contributed by atoms with van der Waals surface area (Å²) in [6.07, 6.45) is 4.37. The molecular weight excluding hydrogens is 314 g/mol. The van der Waals surface area contributed by atoms with E-state index < -0.39 is 0 Å². The third kappa shape index (κ3) is 3.63. The predicted octanol–water partition coefficient (Wildman–Crippen LogP) is 3.76. The van der Waals surface area contributed by atoms with Gasteiger partial charge in [-0.25, -0.2) is 9.78 Å². The number of carbonyl (C=O) groups is 1. The Morgan fingerprint density at radius 3 is 2.70 bits per heavy atom. The molecule has 23 heavy (non-hydrogen) atoms. The first kappa shape index (κ1) is 15.4. The highest BCUT2D eigenvalue weighted by Gasteiger charge is 2.18. The van der Waals surface area contributed by atoms with Gasteiger partial charge in [-0.1, -0.05) is 29.8 Å². The minimum Gasteiger partial charge on any atom is -0.508 e. The van der Waals surface area contributed by atoms with E-state index in [2.05, 4.69) is 10.3 Å². The number of nitrogens with zero attached hydrogens (tertiary/aromatic N) is 2. The van der Waals surface area contributed by atoms with Crippen LogP contribution < -0.4 is 5.32 Å². The number of rotatable bonds is 2. The number of anilines is 1. The van der Waals surface area contributed by atoms with E-state index in [0.717, 1.165) is 12.0 Å². The van der Waals surface area contributed by atoms with Gasteiger partial charge >= 0.3 is 6.03 Å². The van der Waals surface area contributed by atoms with Crippen LogP contribution in [0.25, 0.3) is 5.57 Å². The van der Waals surface area contributed by atoms with Gasteiger partial charge in [0.2, 0.25) is 0 Å². The van der Waals surface area contributed by atoms with Gasteiger partial charge in [-0.2, -0.15) is 0 Å². The number of carbonyl (C=O) groups excluding carboxylic acids is 1. The maximum absolute atomic E-state index is 12.3. The number of benzene rings is 1. The number of halogens is 1. The fraction of sp³-hybridized carbons (Fsp3) is 0.176. The first-order valence-corrected chi connectivity index (χ1v) is 7.66. The molecule has 0 aliphatic carbocycles. The van der Waals surface area contributed by atoms with E-state index in [-0.39, 0.29) is 16.9 Å². The minimum absolute atomic E-state index is 0.194. The Labute approximate surface area is 139 Å². The topological polar surface area (TPSA) is 65.5 Å². The molecule has 2 amide bonds. The number of amides is 2. The van der Waals surface area contributed by atoms with Crippen LogP contribution in [0.2, 0.25) is 5.15 Å². The van der Waals surface area contributed by atoms with Crippen molar-refractivity contribution in [1.29, 1.82) is 0 Å². The Hall–Kier alpha value is -2.53. The quantitative estimate of drug-likeness (QED) is 0.824. The number of nitrogens with one attached hydrogen (secondary N) is 1. The number of pyridine rings is 1. The molecule has 0 unspecified atom stereocenters. The molecule has 2 N–H and O–H groups in total. The molecule has 3 rings (SSSR count). The van der Waals surface area contributed by atoms with Crippen molar-refractivity contribution in [1.82, 2.24) is 9.88 Å². The summed E-state index contributed by atoms with van der Waals surface area (Å²) in [5, 5.41) is 12.4. The summed E-state index contributed by atoms with van der Waals surface area (Å²) in [6, 6.07) is 10.3. The van der Waals surface area contributed by atoms with Crippen molar-refractivity contribution in [2.45, 2.75) is 6.42 Å². The number of aromatic nitrogens is 1. The van der Waals surface area contributed by atoms with Crippen LogP contribution in [0.1, 0.15) is 12.0 Å². The summed E-state index contributed by atoms with van der Waals surface area (Å²) in [6.45, 7) is 1.15. The highest BCUT2D eigenvalue weighted by atomic mass is 35.5. The lowest BCUT2D eigenvalue weighted by Gasteiger charge is -2.27. The molecule has 118 valence electrons. The van der Waals surface area contributed by atoms with Crippen molar-refractivity contribution in [2.24, 2.45) is 0 Å². The van der Waals surface area contributed by atoms with E-state index in [4.69, 9.17) is 11.6 Å². The van der Waals surface area contributed by atoms with Crippen molar-refractivity contribution in [3.8, 4) is 5.75 Å². The van der Waals surface area contributed by atoms with Gasteiger partial charge in [0, 0.05) is 19.3 Å².